The van der Waals surface area contributed by atoms with Crippen molar-refractivity contribution in [3.63, 3.8) is 0 Å². The number of amides is 4. The lowest BCUT2D eigenvalue weighted by molar-refractivity contribution is -0.142. The van der Waals surface area contributed by atoms with Crippen LogP contribution >= 0.6 is 0 Å². The second-order valence-electron chi connectivity index (χ2n) is 11.7. The van der Waals surface area contributed by atoms with Crippen molar-refractivity contribution < 1.29 is 29.0 Å². The molecular weight excluding hydrogens is 520 g/mol. The molecule has 0 bridgehead atoms. The fourth-order valence-corrected chi connectivity index (χ4v) is 7.57. The number of carbonyl (C=O) groups is 4. The van der Waals surface area contributed by atoms with Crippen molar-refractivity contribution in [1.29, 1.82) is 0 Å². The van der Waals surface area contributed by atoms with Crippen LogP contribution < -0.4 is 4.74 Å². The molecule has 41 heavy (non-hydrogen) atoms. The highest BCUT2D eigenvalue weighted by atomic mass is 16.5. The summed E-state index contributed by atoms with van der Waals surface area (Å²) < 4.78 is 5.92. The zero-order chi connectivity index (χ0) is 28.8. The summed E-state index contributed by atoms with van der Waals surface area (Å²) in [5.74, 6) is -3.43. The summed E-state index contributed by atoms with van der Waals surface area (Å²) in [6.07, 6.45) is 4.11. The minimum atomic E-state index is -0.658. The number of hydrogen-bond acceptors (Lipinski definition) is 6. The van der Waals surface area contributed by atoms with E-state index in [0.29, 0.717) is 56.7 Å². The summed E-state index contributed by atoms with van der Waals surface area (Å²) in [4.78, 5) is 56.9. The molecule has 1 saturated carbocycles. The first kappa shape index (κ1) is 27.2. The highest BCUT2D eigenvalue weighted by Crippen LogP contribution is 2.58. The molecule has 4 aliphatic rings. The molecule has 1 N–H and O–H groups in total. The maximum absolute atomic E-state index is 13.8. The van der Waals surface area contributed by atoms with Gasteiger partial charge in [-0.1, -0.05) is 61.9 Å². The Hall–Kier alpha value is -3.94. The van der Waals surface area contributed by atoms with Crippen LogP contribution in [0.15, 0.2) is 60.2 Å². The van der Waals surface area contributed by atoms with Gasteiger partial charge in [-0.25, -0.2) is 0 Å². The van der Waals surface area contributed by atoms with Crippen molar-refractivity contribution in [3.05, 3.63) is 71.3 Å². The predicted molar refractivity (Wildman–Crippen MR) is 150 cm³/mol. The molecule has 8 heteroatoms. The van der Waals surface area contributed by atoms with Crippen molar-refractivity contribution in [2.75, 3.05) is 13.1 Å². The number of benzene rings is 2. The zero-order valence-corrected chi connectivity index (χ0v) is 23.5. The average molecular weight is 557 g/mol. The highest BCUT2D eigenvalue weighted by molar-refractivity contribution is 6.08. The van der Waals surface area contributed by atoms with Gasteiger partial charge in [0.05, 0.1) is 23.7 Å². The zero-order valence-electron chi connectivity index (χ0n) is 23.5. The summed E-state index contributed by atoms with van der Waals surface area (Å²) in [7, 11) is 0. The summed E-state index contributed by atoms with van der Waals surface area (Å²) in [6.45, 7) is 4.93. The second-order valence-corrected chi connectivity index (χ2v) is 11.7. The van der Waals surface area contributed by atoms with Gasteiger partial charge in [0.2, 0.25) is 23.6 Å². The molecule has 0 radical (unpaired) electrons. The van der Waals surface area contributed by atoms with E-state index in [0.717, 1.165) is 11.1 Å². The SMILES string of the molecule is CCCN1C(=O)C2CC=C3C(CC4C(=O)N(CCC)C(=O)C4C3c3ccc(OCc4ccccc4)cc3O)C2C1=O. The van der Waals surface area contributed by atoms with Gasteiger partial charge in [0.15, 0.2) is 0 Å². The molecule has 8 nitrogen and oxygen atoms in total. The molecule has 4 amide bonds. The second kappa shape index (κ2) is 10.8. The number of phenols is 1. The van der Waals surface area contributed by atoms with E-state index < -0.39 is 29.6 Å². The Morgan fingerprint density at radius 1 is 0.805 bits per heavy atom. The van der Waals surface area contributed by atoms with Gasteiger partial charge in [0, 0.05) is 30.6 Å². The molecule has 214 valence electrons. The smallest absolute Gasteiger partial charge is 0.234 e. The van der Waals surface area contributed by atoms with Gasteiger partial charge in [-0.15, -0.1) is 0 Å². The van der Waals surface area contributed by atoms with E-state index in [1.54, 1.807) is 18.2 Å². The van der Waals surface area contributed by atoms with E-state index in [-0.39, 0.29) is 35.3 Å². The largest absolute Gasteiger partial charge is 0.508 e. The molecule has 6 unspecified atom stereocenters. The van der Waals surface area contributed by atoms with Crippen molar-refractivity contribution in [2.45, 2.75) is 52.1 Å². The van der Waals surface area contributed by atoms with Gasteiger partial charge in [0.25, 0.3) is 0 Å². The number of aromatic hydroxyl groups is 1. The molecule has 2 aliphatic carbocycles. The molecule has 3 fully saturated rings. The third-order valence-corrected chi connectivity index (χ3v) is 9.31. The first-order chi connectivity index (χ1) is 19.8. The molecule has 2 aliphatic heterocycles. The van der Waals surface area contributed by atoms with Gasteiger partial charge in [-0.05, 0) is 43.2 Å². The number of carbonyl (C=O) groups excluding carboxylic acids is 4. The molecule has 0 aromatic heterocycles. The van der Waals surface area contributed by atoms with Crippen molar-refractivity contribution in [3.8, 4) is 11.5 Å². The van der Waals surface area contributed by atoms with Gasteiger partial charge >= 0.3 is 0 Å². The van der Waals surface area contributed by atoms with Crippen LogP contribution in [0.5, 0.6) is 11.5 Å². The normalized spacial score (nSPS) is 28.9. The lowest BCUT2D eigenvalue weighted by Crippen LogP contribution is -2.43. The van der Waals surface area contributed by atoms with E-state index in [9.17, 15) is 24.3 Å². The predicted octanol–water partition coefficient (Wildman–Crippen LogP) is 4.43. The maximum atomic E-state index is 13.8. The van der Waals surface area contributed by atoms with Gasteiger partial charge in [0.1, 0.15) is 18.1 Å². The summed E-state index contributed by atoms with van der Waals surface area (Å²) in [6, 6.07) is 14.8. The Kier molecular flexibility index (Phi) is 7.18. The van der Waals surface area contributed by atoms with E-state index in [1.165, 1.54) is 9.80 Å². The lowest BCUT2D eigenvalue weighted by Gasteiger charge is -2.44. The van der Waals surface area contributed by atoms with Crippen LogP contribution in [-0.4, -0.2) is 51.6 Å². The fraction of sp³-hybridized carbons (Fsp3) is 0.455. The Balaban J connectivity index is 1.38. The maximum Gasteiger partial charge on any atom is 0.234 e. The van der Waals surface area contributed by atoms with E-state index in [2.05, 4.69) is 0 Å². The van der Waals surface area contributed by atoms with E-state index >= 15 is 0 Å². The number of nitrogens with zero attached hydrogens (tertiary/aromatic N) is 2. The number of allylic oxidation sites excluding steroid dienone is 2. The van der Waals surface area contributed by atoms with Crippen LogP contribution in [-0.2, 0) is 25.8 Å². The molecule has 6 rings (SSSR count). The standard InChI is InChI=1S/C33H36N2O6/c1-3-14-34-30(37)23-13-12-21-24(28(23)32(34)39)17-25-29(33(40)35(15-4-2)31(25)38)27(21)22-11-10-20(16-26(22)36)41-18-19-8-6-5-7-9-19/h5-12,16,23-25,27-29,36H,3-4,13-15,17-18H2,1-2H3. The number of rotatable bonds is 8. The van der Waals surface area contributed by atoms with Crippen LogP contribution in [0, 0.1) is 29.6 Å². The molecule has 2 aromatic rings. The highest BCUT2D eigenvalue weighted by Gasteiger charge is 2.61. The Morgan fingerprint density at radius 2 is 1.46 bits per heavy atom. The van der Waals surface area contributed by atoms with Crippen LogP contribution in [0.3, 0.4) is 0 Å². The van der Waals surface area contributed by atoms with Crippen LogP contribution in [0.25, 0.3) is 0 Å². The number of likely N-dealkylation sites (tertiary alicyclic amines) is 2. The summed E-state index contributed by atoms with van der Waals surface area (Å²) >= 11 is 0. The third-order valence-electron chi connectivity index (χ3n) is 9.31. The Labute approximate surface area is 240 Å². The Bertz CT molecular complexity index is 1420. The molecular formula is C33H36N2O6. The van der Waals surface area contributed by atoms with Gasteiger partial charge < -0.3 is 9.84 Å². The number of fused-ring (bicyclic) bond motifs is 4. The minimum absolute atomic E-state index is 0.0152. The van der Waals surface area contributed by atoms with Crippen molar-refractivity contribution in [1.82, 2.24) is 9.80 Å². The molecule has 2 aromatic carbocycles. The summed E-state index contributed by atoms with van der Waals surface area (Å²) in [5, 5.41) is 11.3. The van der Waals surface area contributed by atoms with Crippen LogP contribution in [0.2, 0.25) is 0 Å². The number of ether oxygens (including phenoxy) is 1. The number of phenolic OH excluding ortho intramolecular Hbond substituents is 1. The molecule has 0 spiro atoms. The number of imide groups is 2. The topological polar surface area (TPSA) is 104 Å². The molecule has 2 saturated heterocycles. The first-order valence-corrected chi connectivity index (χ1v) is 14.8. The third kappa shape index (κ3) is 4.44. The van der Waals surface area contributed by atoms with Crippen molar-refractivity contribution in [2.24, 2.45) is 29.6 Å². The van der Waals surface area contributed by atoms with E-state index in [4.69, 9.17) is 4.74 Å². The molecule has 6 atom stereocenters. The summed E-state index contributed by atoms with van der Waals surface area (Å²) in [5.41, 5.74) is 2.43. The average Bonchev–Trinajstić information content (AvgIpc) is 3.36. The van der Waals surface area contributed by atoms with E-state index in [1.807, 2.05) is 50.3 Å². The van der Waals surface area contributed by atoms with Crippen LogP contribution in [0.1, 0.15) is 56.6 Å². The fourth-order valence-electron chi connectivity index (χ4n) is 7.57. The Morgan fingerprint density at radius 3 is 2.12 bits per heavy atom. The lowest BCUT2D eigenvalue weighted by atomic mass is 9.57. The molecule has 2 heterocycles. The van der Waals surface area contributed by atoms with Crippen molar-refractivity contribution >= 4 is 23.6 Å². The van der Waals surface area contributed by atoms with Gasteiger partial charge in [-0.2, -0.15) is 0 Å². The van der Waals surface area contributed by atoms with Crippen LogP contribution in [0.4, 0.5) is 0 Å². The first-order valence-electron chi connectivity index (χ1n) is 14.8. The van der Waals surface area contributed by atoms with Gasteiger partial charge in [-0.3, -0.25) is 29.0 Å². The number of hydrogen-bond donors (Lipinski definition) is 1. The monoisotopic (exact) mass is 556 g/mol. The minimum Gasteiger partial charge on any atom is -0.508 e. The quantitative estimate of drug-likeness (QED) is 0.381.